The summed E-state index contributed by atoms with van der Waals surface area (Å²) in [5.41, 5.74) is 2.32. The third kappa shape index (κ3) is 5.30. The molecule has 1 aromatic carbocycles. The summed E-state index contributed by atoms with van der Waals surface area (Å²) in [4.78, 5) is 16.3. The number of carbonyl (C=O) groups is 1. The Hall–Kier alpha value is -2.33. The molecule has 1 saturated heterocycles. The van der Waals surface area contributed by atoms with Crippen molar-refractivity contribution in [1.29, 1.82) is 0 Å². The molecule has 3 aromatic rings. The topological polar surface area (TPSA) is 75.2 Å². The van der Waals surface area contributed by atoms with E-state index in [0.717, 1.165) is 36.7 Å². The molecule has 9 heteroatoms. The largest absolute Gasteiger partial charge is 0.376 e. The van der Waals surface area contributed by atoms with Gasteiger partial charge in [0.25, 0.3) is 0 Å². The number of amides is 1. The van der Waals surface area contributed by atoms with Gasteiger partial charge in [0.1, 0.15) is 6.04 Å². The minimum Gasteiger partial charge on any atom is -0.376 e. The molecule has 0 spiro atoms. The van der Waals surface area contributed by atoms with Crippen LogP contribution in [0.25, 0.3) is 10.7 Å². The maximum Gasteiger partial charge on any atom is 0.243 e. The van der Waals surface area contributed by atoms with Crippen molar-refractivity contribution in [2.45, 2.75) is 39.1 Å². The van der Waals surface area contributed by atoms with Crippen LogP contribution in [0.5, 0.6) is 0 Å². The lowest BCUT2D eigenvalue weighted by Crippen LogP contribution is -2.40. The second-order valence-corrected chi connectivity index (χ2v) is 9.16. The number of H-pyrrole nitrogens is 1. The van der Waals surface area contributed by atoms with E-state index in [1.807, 2.05) is 36.6 Å². The molecule has 2 aromatic heterocycles. The summed E-state index contributed by atoms with van der Waals surface area (Å²) < 4.78 is 7.83. The van der Waals surface area contributed by atoms with Crippen LogP contribution in [0, 0.1) is 4.77 Å². The van der Waals surface area contributed by atoms with E-state index < -0.39 is 6.04 Å². The highest BCUT2D eigenvalue weighted by atomic mass is 32.1. The molecule has 0 aliphatic carbocycles. The summed E-state index contributed by atoms with van der Waals surface area (Å²) >= 11 is 6.94. The van der Waals surface area contributed by atoms with Gasteiger partial charge in [-0.15, -0.1) is 11.3 Å². The average molecular weight is 458 g/mol. The van der Waals surface area contributed by atoms with E-state index in [0.29, 0.717) is 17.1 Å². The fourth-order valence-corrected chi connectivity index (χ4v) is 4.83. The van der Waals surface area contributed by atoms with Crippen LogP contribution in [0.4, 0.5) is 0 Å². The van der Waals surface area contributed by atoms with E-state index in [2.05, 4.69) is 39.5 Å². The van der Waals surface area contributed by atoms with Crippen LogP contribution in [-0.2, 0) is 22.6 Å². The minimum atomic E-state index is -0.471. The lowest BCUT2D eigenvalue weighted by molar-refractivity contribution is -0.124. The summed E-state index contributed by atoms with van der Waals surface area (Å²) in [6, 6.07) is 11.8. The summed E-state index contributed by atoms with van der Waals surface area (Å²) in [6.07, 6.45) is 0.270. The molecule has 2 unspecified atom stereocenters. The maximum absolute atomic E-state index is 12.9. The van der Waals surface area contributed by atoms with Crippen molar-refractivity contribution in [3.05, 3.63) is 57.7 Å². The number of hydrogen-bond donors (Lipinski definition) is 2. The molecule has 1 fully saturated rings. The third-order valence-corrected chi connectivity index (χ3v) is 6.56. The van der Waals surface area contributed by atoms with Gasteiger partial charge in [-0.25, -0.2) is 0 Å². The van der Waals surface area contributed by atoms with E-state index in [9.17, 15) is 4.79 Å². The lowest BCUT2D eigenvalue weighted by atomic mass is 10.1. The minimum absolute atomic E-state index is 0.0947. The Morgan fingerprint density at radius 1 is 1.39 bits per heavy atom. The molecule has 1 aliphatic rings. The van der Waals surface area contributed by atoms with Crippen LogP contribution < -0.4 is 5.32 Å². The molecule has 7 nitrogen and oxygen atoms in total. The number of benzene rings is 1. The summed E-state index contributed by atoms with van der Waals surface area (Å²) in [6.45, 7) is 7.97. The van der Waals surface area contributed by atoms with Gasteiger partial charge in [0.15, 0.2) is 10.6 Å². The highest BCUT2D eigenvalue weighted by Gasteiger charge is 2.21. The Morgan fingerprint density at radius 2 is 2.23 bits per heavy atom. The van der Waals surface area contributed by atoms with Crippen molar-refractivity contribution in [1.82, 2.24) is 25.0 Å². The molecule has 2 N–H and O–H groups in total. The summed E-state index contributed by atoms with van der Waals surface area (Å²) in [7, 11) is 0. The summed E-state index contributed by atoms with van der Waals surface area (Å²) in [5.74, 6) is 0.590. The van der Waals surface area contributed by atoms with Crippen LogP contribution in [0.15, 0.2) is 41.8 Å². The van der Waals surface area contributed by atoms with Gasteiger partial charge < -0.3 is 10.1 Å². The fourth-order valence-electron chi connectivity index (χ4n) is 3.83. The zero-order chi connectivity index (χ0) is 21.8. The Morgan fingerprint density at radius 3 is 3.00 bits per heavy atom. The number of morpholine rings is 1. The molecule has 31 heavy (non-hydrogen) atoms. The Balaban J connectivity index is 1.39. The number of nitrogens with one attached hydrogen (secondary N) is 2. The monoisotopic (exact) mass is 457 g/mol. The van der Waals surface area contributed by atoms with Crippen molar-refractivity contribution >= 4 is 29.5 Å². The molecule has 2 atom stereocenters. The highest BCUT2D eigenvalue weighted by Crippen LogP contribution is 2.25. The number of rotatable bonds is 7. The first-order valence-electron chi connectivity index (χ1n) is 10.4. The predicted octanol–water partition coefficient (Wildman–Crippen LogP) is 3.77. The number of carbonyl (C=O) groups excluding carboxylic acids is 1. The van der Waals surface area contributed by atoms with Gasteiger partial charge in [-0.2, -0.15) is 5.10 Å². The van der Waals surface area contributed by atoms with Gasteiger partial charge in [0.05, 0.1) is 17.6 Å². The lowest BCUT2D eigenvalue weighted by Gasteiger charge is -2.31. The van der Waals surface area contributed by atoms with Gasteiger partial charge in [0.2, 0.25) is 5.91 Å². The number of aromatic nitrogens is 3. The maximum atomic E-state index is 12.9. The van der Waals surface area contributed by atoms with Crippen LogP contribution in [-0.4, -0.2) is 51.4 Å². The molecule has 0 bridgehead atoms. The van der Waals surface area contributed by atoms with Crippen molar-refractivity contribution in [3.63, 3.8) is 0 Å². The Kier molecular flexibility index (Phi) is 6.96. The van der Waals surface area contributed by atoms with Crippen LogP contribution in [0.3, 0.4) is 0 Å². The first-order valence-corrected chi connectivity index (χ1v) is 11.7. The van der Waals surface area contributed by atoms with Gasteiger partial charge in [-0.1, -0.05) is 30.3 Å². The van der Waals surface area contributed by atoms with Crippen molar-refractivity contribution in [2.24, 2.45) is 0 Å². The number of ether oxygens (including phenoxy) is 1. The second kappa shape index (κ2) is 9.86. The molecular formula is C22H27N5O2S2. The zero-order valence-corrected chi connectivity index (χ0v) is 19.3. The van der Waals surface area contributed by atoms with E-state index >= 15 is 0 Å². The first-order chi connectivity index (χ1) is 15.0. The standard InChI is InChI=1S/C22H27N5O2S2/c1-15-13-26(8-9-29-15)14-18-6-3-5-17(11-18)12-23-21(28)16(2)27-20(24-25-22(27)30)19-7-4-10-31-19/h3-7,10-11,15-16H,8-9,12-14H2,1-2H3,(H,23,28)(H,25,30). The van der Waals surface area contributed by atoms with Crippen molar-refractivity contribution in [2.75, 3.05) is 19.7 Å². The molecule has 4 rings (SSSR count). The fraction of sp³-hybridized carbons (Fsp3) is 0.409. The number of nitrogens with zero attached hydrogens (tertiary/aromatic N) is 3. The zero-order valence-electron chi connectivity index (χ0n) is 17.7. The van der Waals surface area contributed by atoms with E-state index in [1.54, 1.807) is 15.9 Å². The number of thiophene rings is 1. The van der Waals surface area contributed by atoms with Gasteiger partial charge in [0, 0.05) is 26.2 Å². The van der Waals surface area contributed by atoms with Crippen molar-refractivity contribution in [3.8, 4) is 10.7 Å². The third-order valence-electron chi connectivity index (χ3n) is 5.40. The Bertz CT molecular complexity index is 1080. The van der Waals surface area contributed by atoms with E-state index in [4.69, 9.17) is 17.0 Å². The Labute approximate surface area is 191 Å². The average Bonchev–Trinajstić information content (AvgIpc) is 3.41. The SMILES string of the molecule is CC1CN(Cc2cccc(CNC(=O)C(C)n3c(-c4cccs4)n[nH]c3=S)c2)CCO1. The summed E-state index contributed by atoms with van der Waals surface area (Å²) in [5, 5.41) is 12.2. The van der Waals surface area contributed by atoms with Crippen LogP contribution in [0.1, 0.15) is 31.0 Å². The molecule has 1 amide bonds. The second-order valence-electron chi connectivity index (χ2n) is 7.83. The molecule has 1 aliphatic heterocycles. The smallest absolute Gasteiger partial charge is 0.243 e. The molecule has 3 heterocycles. The van der Waals surface area contributed by atoms with Gasteiger partial charge in [-0.05, 0) is 48.6 Å². The van der Waals surface area contributed by atoms with Crippen LogP contribution >= 0.6 is 23.6 Å². The van der Waals surface area contributed by atoms with Gasteiger partial charge in [-0.3, -0.25) is 19.4 Å². The first kappa shape index (κ1) is 21.9. The predicted molar refractivity (Wildman–Crippen MR) is 124 cm³/mol. The van der Waals surface area contributed by atoms with Gasteiger partial charge >= 0.3 is 0 Å². The van der Waals surface area contributed by atoms with E-state index in [1.165, 1.54) is 5.56 Å². The quantitative estimate of drug-likeness (QED) is 0.529. The highest BCUT2D eigenvalue weighted by molar-refractivity contribution is 7.71. The molecular weight excluding hydrogens is 430 g/mol. The normalized spacial score (nSPS) is 18.1. The molecule has 164 valence electrons. The number of aromatic amines is 1. The number of hydrogen-bond acceptors (Lipinski definition) is 6. The van der Waals surface area contributed by atoms with Crippen LogP contribution in [0.2, 0.25) is 0 Å². The molecule has 0 radical (unpaired) electrons. The molecule has 0 saturated carbocycles. The van der Waals surface area contributed by atoms with Crippen molar-refractivity contribution < 1.29 is 9.53 Å². The van der Waals surface area contributed by atoms with E-state index in [-0.39, 0.29) is 12.0 Å².